The molecule has 0 aliphatic heterocycles. The Hall–Kier alpha value is -1.76. The number of thioether (sulfide) groups is 1. The summed E-state index contributed by atoms with van der Waals surface area (Å²) < 4.78 is 13.0. The summed E-state index contributed by atoms with van der Waals surface area (Å²) in [5.41, 5.74) is 1.63. The summed E-state index contributed by atoms with van der Waals surface area (Å²) in [5, 5.41) is 3.79. The Morgan fingerprint density at radius 2 is 1.77 bits per heavy atom. The lowest BCUT2D eigenvalue weighted by atomic mass is 10.1. The number of carbonyl (C=O) groups is 2. The van der Waals surface area contributed by atoms with Gasteiger partial charge in [0.15, 0.2) is 0 Å². The monoisotopic (exact) mass is 470 g/mol. The smallest absolute Gasteiger partial charge is 0.242 e. The number of hydrogen-bond donors (Lipinski definition) is 1. The first kappa shape index (κ1) is 24.5. The van der Waals surface area contributed by atoms with Crippen LogP contribution in [0.3, 0.4) is 0 Å². The van der Waals surface area contributed by atoms with Crippen LogP contribution in [0.25, 0.3) is 0 Å². The molecule has 0 aliphatic rings. The first-order valence-corrected chi connectivity index (χ1v) is 11.4. The Kier molecular flexibility index (Phi) is 9.46. The fraction of sp³-hybridized carbons (Fsp3) is 0.364. The first-order valence-electron chi connectivity index (χ1n) is 9.53. The Morgan fingerprint density at radius 1 is 1.10 bits per heavy atom. The van der Waals surface area contributed by atoms with Gasteiger partial charge in [-0.3, -0.25) is 9.59 Å². The zero-order chi connectivity index (χ0) is 22.3. The van der Waals surface area contributed by atoms with Crippen molar-refractivity contribution in [3.05, 3.63) is 69.5 Å². The molecule has 0 saturated carbocycles. The third kappa shape index (κ3) is 7.49. The standard InChI is InChI=1S/C22H25Cl2FN2O2S/c1-14(2)26-22(29)15(3)27(11-17-6-7-18(23)10-20(17)24)21(28)13-30-12-16-4-8-19(25)9-5-16/h4-10,14-15H,11-13H2,1-3H3,(H,26,29)/t15-/m1/s1. The minimum absolute atomic E-state index is 0.0381. The number of hydrogen-bond acceptors (Lipinski definition) is 3. The number of nitrogens with zero attached hydrogens (tertiary/aromatic N) is 1. The van der Waals surface area contributed by atoms with E-state index in [2.05, 4.69) is 5.32 Å². The molecule has 0 heterocycles. The average molecular weight is 471 g/mol. The van der Waals surface area contributed by atoms with Gasteiger partial charge in [0, 0.05) is 28.4 Å². The van der Waals surface area contributed by atoms with Gasteiger partial charge >= 0.3 is 0 Å². The molecule has 1 N–H and O–H groups in total. The molecule has 0 unspecified atom stereocenters. The van der Waals surface area contributed by atoms with Crippen LogP contribution >= 0.6 is 35.0 Å². The van der Waals surface area contributed by atoms with E-state index in [9.17, 15) is 14.0 Å². The summed E-state index contributed by atoms with van der Waals surface area (Å²) in [6.07, 6.45) is 0. The molecule has 2 aromatic carbocycles. The van der Waals surface area contributed by atoms with E-state index in [1.165, 1.54) is 28.8 Å². The van der Waals surface area contributed by atoms with Gasteiger partial charge in [-0.05, 0) is 56.2 Å². The van der Waals surface area contributed by atoms with Gasteiger partial charge in [0.1, 0.15) is 11.9 Å². The molecule has 0 bridgehead atoms. The number of amides is 2. The van der Waals surface area contributed by atoms with Crippen LogP contribution in [-0.4, -0.2) is 34.6 Å². The van der Waals surface area contributed by atoms with E-state index in [0.717, 1.165) is 5.56 Å². The van der Waals surface area contributed by atoms with E-state index in [1.54, 1.807) is 37.3 Å². The second kappa shape index (κ2) is 11.6. The van der Waals surface area contributed by atoms with Crippen molar-refractivity contribution in [2.45, 2.75) is 45.2 Å². The largest absolute Gasteiger partial charge is 0.352 e. The topological polar surface area (TPSA) is 49.4 Å². The van der Waals surface area contributed by atoms with Crippen molar-refractivity contribution in [2.75, 3.05) is 5.75 Å². The fourth-order valence-corrected chi connectivity index (χ4v) is 4.08. The van der Waals surface area contributed by atoms with Crippen LogP contribution in [-0.2, 0) is 21.9 Å². The molecular weight excluding hydrogens is 446 g/mol. The van der Waals surface area contributed by atoms with E-state index < -0.39 is 6.04 Å². The highest BCUT2D eigenvalue weighted by molar-refractivity contribution is 7.99. The van der Waals surface area contributed by atoms with Crippen LogP contribution in [0.15, 0.2) is 42.5 Å². The SMILES string of the molecule is CC(C)NC(=O)[C@@H](C)N(Cc1ccc(Cl)cc1Cl)C(=O)CSCc1ccc(F)cc1. The van der Waals surface area contributed by atoms with Crippen molar-refractivity contribution in [1.82, 2.24) is 10.2 Å². The lowest BCUT2D eigenvalue weighted by Crippen LogP contribution is -2.49. The Balaban J connectivity index is 2.11. The molecule has 0 aromatic heterocycles. The minimum atomic E-state index is -0.668. The van der Waals surface area contributed by atoms with Gasteiger partial charge in [-0.25, -0.2) is 4.39 Å². The quantitative estimate of drug-likeness (QED) is 0.540. The van der Waals surface area contributed by atoms with E-state index in [-0.39, 0.29) is 36.0 Å². The number of halogens is 3. The maximum absolute atomic E-state index is 13.0. The van der Waals surface area contributed by atoms with Crippen molar-refractivity contribution < 1.29 is 14.0 Å². The van der Waals surface area contributed by atoms with Crippen LogP contribution in [0, 0.1) is 5.82 Å². The fourth-order valence-electron chi connectivity index (χ4n) is 2.74. The molecule has 0 aliphatic carbocycles. The first-order chi connectivity index (χ1) is 14.2. The molecule has 1 atom stereocenters. The average Bonchev–Trinajstić information content (AvgIpc) is 2.67. The molecule has 30 heavy (non-hydrogen) atoms. The number of carbonyl (C=O) groups excluding carboxylic acids is 2. The number of rotatable bonds is 9. The van der Waals surface area contributed by atoms with Crippen molar-refractivity contribution in [2.24, 2.45) is 0 Å². The van der Waals surface area contributed by atoms with Gasteiger partial charge in [-0.1, -0.05) is 41.4 Å². The van der Waals surface area contributed by atoms with Gasteiger partial charge in [0.25, 0.3) is 0 Å². The Labute approximate surface area is 191 Å². The summed E-state index contributed by atoms with van der Waals surface area (Å²) in [5.74, 6) is 0.0399. The van der Waals surface area contributed by atoms with Crippen molar-refractivity contribution in [1.29, 1.82) is 0 Å². The molecule has 2 rings (SSSR count). The van der Waals surface area contributed by atoms with Crippen molar-refractivity contribution in [3.63, 3.8) is 0 Å². The molecule has 0 fully saturated rings. The Morgan fingerprint density at radius 3 is 2.37 bits per heavy atom. The molecule has 0 radical (unpaired) electrons. The summed E-state index contributed by atoms with van der Waals surface area (Å²) in [6.45, 7) is 5.62. The van der Waals surface area contributed by atoms with E-state index in [4.69, 9.17) is 23.2 Å². The van der Waals surface area contributed by atoms with Crippen LogP contribution in [0.4, 0.5) is 4.39 Å². The Bertz CT molecular complexity index is 878. The molecule has 2 amide bonds. The maximum Gasteiger partial charge on any atom is 0.242 e. The van der Waals surface area contributed by atoms with Crippen molar-refractivity contribution in [3.8, 4) is 0 Å². The van der Waals surface area contributed by atoms with Gasteiger partial charge < -0.3 is 10.2 Å². The second-order valence-electron chi connectivity index (χ2n) is 7.22. The zero-order valence-electron chi connectivity index (χ0n) is 17.1. The van der Waals surface area contributed by atoms with E-state index in [0.29, 0.717) is 21.4 Å². The molecule has 8 heteroatoms. The highest BCUT2D eigenvalue weighted by Gasteiger charge is 2.27. The van der Waals surface area contributed by atoms with Crippen LogP contribution < -0.4 is 5.32 Å². The molecular formula is C22H25Cl2FN2O2S. The summed E-state index contributed by atoms with van der Waals surface area (Å²) in [6, 6.07) is 10.5. The predicted molar refractivity (Wildman–Crippen MR) is 122 cm³/mol. The number of nitrogens with one attached hydrogen (secondary N) is 1. The summed E-state index contributed by atoms with van der Waals surface area (Å²) in [7, 11) is 0. The third-order valence-corrected chi connectivity index (χ3v) is 5.94. The highest BCUT2D eigenvalue weighted by Crippen LogP contribution is 2.24. The lowest BCUT2D eigenvalue weighted by molar-refractivity contribution is -0.138. The van der Waals surface area contributed by atoms with Gasteiger partial charge in [0.2, 0.25) is 11.8 Å². The second-order valence-corrected chi connectivity index (χ2v) is 9.05. The lowest BCUT2D eigenvalue weighted by Gasteiger charge is -2.29. The number of benzene rings is 2. The van der Waals surface area contributed by atoms with E-state index in [1.807, 2.05) is 13.8 Å². The molecule has 162 valence electrons. The summed E-state index contributed by atoms with van der Waals surface area (Å²) in [4.78, 5) is 27.1. The normalized spacial score (nSPS) is 12.0. The van der Waals surface area contributed by atoms with Gasteiger partial charge in [0.05, 0.1) is 5.75 Å². The predicted octanol–water partition coefficient (Wildman–Crippen LogP) is 5.31. The molecule has 0 spiro atoms. The van der Waals surface area contributed by atoms with Crippen LogP contribution in [0.2, 0.25) is 10.0 Å². The van der Waals surface area contributed by atoms with Crippen molar-refractivity contribution >= 4 is 46.8 Å². The molecule has 2 aromatic rings. The zero-order valence-corrected chi connectivity index (χ0v) is 19.5. The van der Waals surface area contributed by atoms with E-state index >= 15 is 0 Å². The van der Waals surface area contributed by atoms with Crippen LogP contribution in [0.5, 0.6) is 0 Å². The third-order valence-electron chi connectivity index (χ3n) is 4.36. The molecule has 0 saturated heterocycles. The summed E-state index contributed by atoms with van der Waals surface area (Å²) >= 11 is 13.7. The van der Waals surface area contributed by atoms with Gasteiger partial charge in [-0.15, -0.1) is 11.8 Å². The molecule has 4 nitrogen and oxygen atoms in total. The van der Waals surface area contributed by atoms with Crippen LogP contribution in [0.1, 0.15) is 31.9 Å². The highest BCUT2D eigenvalue weighted by atomic mass is 35.5. The minimum Gasteiger partial charge on any atom is -0.352 e. The van der Waals surface area contributed by atoms with Gasteiger partial charge in [-0.2, -0.15) is 0 Å². The maximum atomic E-state index is 13.0.